The second-order valence-electron chi connectivity index (χ2n) is 17.9. The van der Waals surface area contributed by atoms with Crippen molar-refractivity contribution >= 4 is 11.9 Å². The molecule has 0 atom stereocenters. The number of rotatable bonds is 42. The van der Waals surface area contributed by atoms with Crippen molar-refractivity contribution < 1.29 is 19.1 Å². The molecule has 1 fully saturated rings. The quantitative estimate of drug-likeness (QED) is 0.0456. The summed E-state index contributed by atoms with van der Waals surface area (Å²) < 4.78 is 11.4. The maximum absolute atomic E-state index is 12.5. The highest BCUT2D eigenvalue weighted by Crippen LogP contribution is 2.26. The van der Waals surface area contributed by atoms with Crippen LogP contribution in [0.25, 0.3) is 0 Å². The molecule has 1 heterocycles. The van der Waals surface area contributed by atoms with Crippen LogP contribution < -0.4 is 0 Å². The number of esters is 2. The predicted molar refractivity (Wildman–Crippen MR) is 238 cm³/mol. The van der Waals surface area contributed by atoms with E-state index in [0.717, 1.165) is 18.8 Å². The molecule has 55 heavy (non-hydrogen) atoms. The van der Waals surface area contributed by atoms with E-state index in [0.29, 0.717) is 37.9 Å². The van der Waals surface area contributed by atoms with Gasteiger partial charge in [0.05, 0.1) is 13.2 Å². The SMILES string of the molecule is CCCCCC(CCCCC)CC(=O)OCCCCCCCCC(CCCCCCCCOC(=O)CC(CCCCC)CCCCC)CCCN1CCCC1. The average Bonchev–Trinajstić information content (AvgIpc) is 3.70. The van der Waals surface area contributed by atoms with Gasteiger partial charge in [0.2, 0.25) is 0 Å². The highest BCUT2D eigenvalue weighted by Gasteiger charge is 2.17. The van der Waals surface area contributed by atoms with Crippen LogP contribution in [0, 0.1) is 17.8 Å². The number of nitrogens with zero attached hydrogens (tertiary/aromatic N) is 1. The third-order valence-electron chi connectivity index (χ3n) is 12.6. The van der Waals surface area contributed by atoms with Gasteiger partial charge in [0, 0.05) is 12.8 Å². The van der Waals surface area contributed by atoms with Gasteiger partial charge >= 0.3 is 11.9 Å². The van der Waals surface area contributed by atoms with E-state index in [2.05, 4.69) is 32.6 Å². The second-order valence-corrected chi connectivity index (χ2v) is 17.9. The Morgan fingerprint density at radius 2 is 0.709 bits per heavy atom. The number of hydrogen-bond donors (Lipinski definition) is 0. The topological polar surface area (TPSA) is 55.8 Å². The zero-order valence-corrected chi connectivity index (χ0v) is 37.8. The molecule has 1 aliphatic heterocycles. The van der Waals surface area contributed by atoms with E-state index in [1.807, 2.05) is 0 Å². The molecule has 0 spiro atoms. The minimum atomic E-state index is 0.0427. The van der Waals surface area contributed by atoms with Crippen LogP contribution in [0.3, 0.4) is 0 Å². The van der Waals surface area contributed by atoms with Crippen LogP contribution in [0.1, 0.15) is 259 Å². The smallest absolute Gasteiger partial charge is 0.306 e. The Morgan fingerprint density at radius 1 is 0.400 bits per heavy atom. The molecule has 1 saturated heterocycles. The molecule has 326 valence electrons. The lowest BCUT2D eigenvalue weighted by atomic mass is 9.90. The molecule has 0 aromatic heterocycles. The van der Waals surface area contributed by atoms with Gasteiger partial charge in [-0.1, -0.05) is 182 Å². The molecule has 0 aromatic carbocycles. The maximum Gasteiger partial charge on any atom is 0.306 e. The summed E-state index contributed by atoms with van der Waals surface area (Å²) in [5, 5.41) is 0. The zero-order chi connectivity index (χ0) is 39.9. The summed E-state index contributed by atoms with van der Waals surface area (Å²) in [5.74, 6) is 2.02. The highest BCUT2D eigenvalue weighted by molar-refractivity contribution is 5.70. The van der Waals surface area contributed by atoms with Gasteiger partial charge in [0.15, 0.2) is 0 Å². The molecule has 0 unspecified atom stereocenters. The summed E-state index contributed by atoms with van der Waals surface area (Å²) in [6.45, 7) is 14.2. The third kappa shape index (κ3) is 33.6. The molecule has 0 aliphatic carbocycles. The van der Waals surface area contributed by atoms with Crippen molar-refractivity contribution in [3.63, 3.8) is 0 Å². The van der Waals surface area contributed by atoms with Crippen LogP contribution in [0.15, 0.2) is 0 Å². The normalized spacial score (nSPS) is 13.5. The summed E-state index contributed by atoms with van der Waals surface area (Å²) in [7, 11) is 0. The zero-order valence-electron chi connectivity index (χ0n) is 37.8. The molecule has 0 amide bonds. The number of hydrogen-bond acceptors (Lipinski definition) is 5. The fraction of sp³-hybridized carbons (Fsp3) is 0.960. The van der Waals surface area contributed by atoms with Crippen molar-refractivity contribution in [2.75, 3.05) is 32.8 Å². The van der Waals surface area contributed by atoms with Crippen LogP contribution >= 0.6 is 0 Å². The van der Waals surface area contributed by atoms with Gasteiger partial charge in [-0.15, -0.1) is 0 Å². The second kappa shape index (κ2) is 39.7. The summed E-state index contributed by atoms with van der Waals surface area (Å²) in [5.41, 5.74) is 0. The molecular weight excluding hydrogens is 679 g/mol. The number of carbonyl (C=O) groups excluding carboxylic acids is 2. The molecule has 0 N–H and O–H groups in total. The number of ether oxygens (including phenoxy) is 2. The molecule has 1 aliphatic rings. The van der Waals surface area contributed by atoms with Crippen LogP contribution in [0.4, 0.5) is 0 Å². The van der Waals surface area contributed by atoms with Gasteiger partial charge in [-0.25, -0.2) is 0 Å². The maximum atomic E-state index is 12.5. The molecule has 0 bridgehead atoms. The first-order chi connectivity index (χ1) is 27.0. The number of unbranched alkanes of at least 4 members (excludes halogenated alkanes) is 18. The van der Waals surface area contributed by atoms with Crippen molar-refractivity contribution in [1.82, 2.24) is 4.90 Å². The molecular formula is C50H97NO4. The lowest BCUT2D eigenvalue weighted by Crippen LogP contribution is -2.21. The number of carbonyl (C=O) groups is 2. The summed E-state index contributed by atoms with van der Waals surface area (Å²) in [4.78, 5) is 27.8. The summed E-state index contributed by atoms with van der Waals surface area (Å²) >= 11 is 0. The Balaban J connectivity index is 2.19. The fourth-order valence-corrected chi connectivity index (χ4v) is 8.92. The molecule has 0 radical (unpaired) electrons. The van der Waals surface area contributed by atoms with E-state index in [1.54, 1.807) is 0 Å². The van der Waals surface area contributed by atoms with Crippen molar-refractivity contribution in [2.45, 2.75) is 259 Å². The van der Waals surface area contributed by atoms with E-state index in [4.69, 9.17) is 9.47 Å². The van der Waals surface area contributed by atoms with E-state index < -0.39 is 0 Å². The van der Waals surface area contributed by atoms with Gasteiger partial charge in [-0.05, 0) is 102 Å². The van der Waals surface area contributed by atoms with Gasteiger partial charge in [0.1, 0.15) is 0 Å². The van der Waals surface area contributed by atoms with Crippen LogP contribution in [0.5, 0.6) is 0 Å². The Kier molecular flexibility index (Phi) is 37.5. The minimum absolute atomic E-state index is 0.0427. The van der Waals surface area contributed by atoms with Crippen molar-refractivity contribution in [2.24, 2.45) is 17.8 Å². The standard InChI is InChI=1S/C50H97NO4/c1-5-9-21-34-47(35-22-10-6-2)44-49(52)54-42-29-19-15-13-17-25-32-46(38-31-41-51-39-27-28-40-51)33-26-18-14-16-20-30-43-55-50(53)45-48(36-23-11-7-3)37-24-12-8-4/h46-48H,5-45H2,1-4H3. The highest BCUT2D eigenvalue weighted by atomic mass is 16.5. The largest absolute Gasteiger partial charge is 0.466 e. The number of likely N-dealkylation sites (tertiary alicyclic amines) is 1. The Labute approximate surface area is 344 Å². The average molecular weight is 776 g/mol. The monoisotopic (exact) mass is 776 g/mol. The van der Waals surface area contributed by atoms with E-state index in [-0.39, 0.29) is 11.9 Å². The Morgan fingerprint density at radius 3 is 1.09 bits per heavy atom. The predicted octanol–water partition coefficient (Wildman–Crippen LogP) is 15.4. The van der Waals surface area contributed by atoms with Gasteiger partial charge in [-0.2, -0.15) is 0 Å². The summed E-state index contributed by atoms with van der Waals surface area (Å²) in [6.07, 6.45) is 44.5. The van der Waals surface area contributed by atoms with Gasteiger partial charge in [-0.3, -0.25) is 9.59 Å². The Hall–Kier alpha value is -1.10. The first kappa shape index (κ1) is 51.9. The first-order valence-electron chi connectivity index (χ1n) is 25.1. The molecule has 0 aromatic rings. The van der Waals surface area contributed by atoms with Crippen molar-refractivity contribution in [1.29, 1.82) is 0 Å². The van der Waals surface area contributed by atoms with Gasteiger partial charge < -0.3 is 14.4 Å². The first-order valence-corrected chi connectivity index (χ1v) is 25.1. The van der Waals surface area contributed by atoms with Crippen molar-refractivity contribution in [3.8, 4) is 0 Å². The molecule has 5 heteroatoms. The third-order valence-corrected chi connectivity index (χ3v) is 12.6. The lowest BCUT2D eigenvalue weighted by molar-refractivity contribution is -0.146. The summed E-state index contributed by atoms with van der Waals surface area (Å²) in [6, 6.07) is 0. The van der Waals surface area contributed by atoms with E-state index >= 15 is 0 Å². The van der Waals surface area contributed by atoms with Crippen LogP contribution in [-0.4, -0.2) is 49.7 Å². The van der Waals surface area contributed by atoms with E-state index in [9.17, 15) is 9.59 Å². The van der Waals surface area contributed by atoms with Crippen LogP contribution in [0.2, 0.25) is 0 Å². The van der Waals surface area contributed by atoms with Crippen LogP contribution in [-0.2, 0) is 19.1 Å². The molecule has 0 saturated carbocycles. The van der Waals surface area contributed by atoms with Gasteiger partial charge in [0.25, 0.3) is 0 Å². The fourth-order valence-electron chi connectivity index (χ4n) is 8.92. The minimum Gasteiger partial charge on any atom is -0.466 e. The van der Waals surface area contributed by atoms with E-state index in [1.165, 1.54) is 225 Å². The Bertz CT molecular complexity index is 751. The molecule has 5 nitrogen and oxygen atoms in total. The van der Waals surface area contributed by atoms with Crippen molar-refractivity contribution in [3.05, 3.63) is 0 Å². The molecule has 1 rings (SSSR count). The lowest BCUT2D eigenvalue weighted by Gasteiger charge is -2.20.